The fourth-order valence-corrected chi connectivity index (χ4v) is 5.07. The molecule has 6 rings (SSSR count). The van der Waals surface area contributed by atoms with Crippen molar-refractivity contribution in [2.45, 2.75) is 38.6 Å². The van der Waals surface area contributed by atoms with E-state index in [9.17, 15) is 9.59 Å². The number of hydrogen-bond acceptors (Lipinski definition) is 6. The zero-order chi connectivity index (χ0) is 24.1. The summed E-state index contributed by atoms with van der Waals surface area (Å²) in [5.74, 6) is 1.20. The van der Waals surface area contributed by atoms with E-state index in [1.165, 1.54) is 0 Å². The highest BCUT2D eigenvalue weighted by Crippen LogP contribution is 2.38. The number of carbonyl (C=O) groups is 2. The molecule has 0 spiro atoms. The summed E-state index contributed by atoms with van der Waals surface area (Å²) in [6.45, 7) is 3.11. The Balaban J connectivity index is 1.32. The fourth-order valence-electron chi connectivity index (χ4n) is 5.07. The van der Waals surface area contributed by atoms with E-state index in [0.717, 1.165) is 59.3 Å². The van der Waals surface area contributed by atoms with Crippen LogP contribution in [0.15, 0.2) is 47.3 Å². The van der Waals surface area contributed by atoms with Gasteiger partial charge in [-0.05, 0) is 49.1 Å². The molecular weight excluding hydrogens is 444 g/mol. The SMILES string of the molecule is CC(=O)N1CCC(n2cc(-c3cnc(N)c4oc(-c5ccc6c(c5)CCC(=O)N6)cc34)cn2)CC1. The fraction of sp³-hybridized carbons (Fsp3) is 0.308. The van der Waals surface area contributed by atoms with Gasteiger partial charge in [0.05, 0.1) is 12.2 Å². The number of benzene rings is 1. The van der Waals surface area contributed by atoms with Gasteiger partial charge in [0.1, 0.15) is 5.76 Å². The van der Waals surface area contributed by atoms with Crippen LogP contribution in [0.4, 0.5) is 11.5 Å². The Morgan fingerprint density at radius 3 is 2.77 bits per heavy atom. The third-order valence-electron chi connectivity index (χ3n) is 7.07. The molecule has 5 heterocycles. The summed E-state index contributed by atoms with van der Waals surface area (Å²) < 4.78 is 8.17. The molecule has 9 nitrogen and oxygen atoms in total. The summed E-state index contributed by atoms with van der Waals surface area (Å²) in [7, 11) is 0. The molecule has 3 aromatic heterocycles. The summed E-state index contributed by atoms with van der Waals surface area (Å²) in [6, 6.07) is 8.17. The van der Waals surface area contributed by atoms with E-state index in [4.69, 9.17) is 10.2 Å². The highest BCUT2D eigenvalue weighted by Gasteiger charge is 2.24. The second-order valence-corrected chi connectivity index (χ2v) is 9.28. The summed E-state index contributed by atoms with van der Waals surface area (Å²) >= 11 is 0. The van der Waals surface area contributed by atoms with Crippen molar-refractivity contribution in [2.75, 3.05) is 24.1 Å². The number of amides is 2. The van der Waals surface area contributed by atoms with E-state index >= 15 is 0 Å². The van der Waals surface area contributed by atoms with Gasteiger partial charge in [-0.25, -0.2) is 4.98 Å². The lowest BCUT2D eigenvalue weighted by atomic mass is 9.99. The molecule has 4 aromatic rings. The minimum atomic E-state index is 0.0439. The average Bonchev–Trinajstić information content (AvgIpc) is 3.53. The number of carbonyl (C=O) groups excluding carboxylic acids is 2. The minimum Gasteiger partial charge on any atom is -0.452 e. The third kappa shape index (κ3) is 3.82. The van der Waals surface area contributed by atoms with Gasteiger partial charge in [-0.1, -0.05) is 0 Å². The molecule has 2 amide bonds. The Hall–Kier alpha value is -4.14. The van der Waals surface area contributed by atoms with Crippen LogP contribution in [-0.4, -0.2) is 44.6 Å². The zero-order valence-corrected chi connectivity index (χ0v) is 19.5. The van der Waals surface area contributed by atoms with E-state index < -0.39 is 0 Å². The van der Waals surface area contributed by atoms with E-state index in [-0.39, 0.29) is 17.9 Å². The lowest BCUT2D eigenvalue weighted by Crippen LogP contribution is -2.37. The van der Waals surface area contributed by atoms with Crippen LogP contribution >= 0.6 is 0 Å². The molecular formula is C26H26N6O3. The topological polar surface area (TPSA) is 119 Å². The van der Waals surface area contributed by atoms with Crippen molar-refractivity contribution in [2.24, 2.45) is 0 Å². The maximum absolute atomic E-state index is 11.7. The van der Waals surface area contributed by atoms with E-state index in [1.54, 1.807) is 13.1 Å². The summed E-state index contributed by atoms with van der Waals surface area (Å²) in [5, 5.41) is 8.42. The van der Waals surface area contributed by atoms with Crippen LogP contribution in [0.25, 0.3) is 33.4 Å². The van der Waals surface area contributed by atoms with Crippen LogP contribution in [-0.2, 0) is 16.0 Å². The number of piperidine rings is 1. The van der Waals surface area contributed by atoms with Crippen LogP contribution in [0.2, 0.25) is 0 Å². The highest BCUT2D eigenvalue weighted by atomic mass is 16.3. The molecule has 0 atom stereocenters. The van der Waals surface area contributed by atoms with Crippen molar-refractivity contribution in [1.29, 1.82) is 0 Å². The number of pyridine rings is 1. The monoisotopic (exact) mass is 470 g/mol. The number of furan rings is 1. The molecule has 0 radical (unpaired) electrons. The number of aromatic nitrogens is 3. The maximum Gasteiger partial charge on any atom is 0.224 e. The van der Waals surface area contributed by atoms with Crippen LogP contribution in [0.1, 0.15) is 37.8 Å². The van der Waals surface area contributed by atoms with Crippen molar-refractivity contribution >= 4 is 34.3 Å². The van der Waals surface area contributed by atoms with E-state index in [1.807, 2.05) is 40.2 Å². The normalized spacial score (nSPS) is 16.4. The molecule has 0 unspecified atom stereocenters. The van der Waals surface area contributed by atoms with Crippen LogP contribution in [0, 0.1) is 0 Å². The quantitative estimate of drug-likeness (QED) is 0.467. The number of rotatable bonds is 3. The number of likely N-dealkylation sites (tertiary alicyclic amines) is 1. The highest BCUT2D eigenvalue weighted by molar-refractivity contribution is 6.00. The standard InChI is InChI=1S/C26H26N6O3/c1-15(33)31-8-6-19(7-9-31)32-14-18(12-29-32)21-13-28-26(27)25-20(21)11-23(35-25)17-2-4-22-16(10-17)3-5-24(34)30-22/h2,4,10-14,19H,3,5-9H2,1H3,(H2,27,28)(H,30,34). The number of nitrogens with zero attached hydrogens (tertiary/aromatic N) is 4. The molecule has 1 fully saturated rings. The second-order valence-electron chi connectivity index (χ2n) is 9.28. The smallest absolute Gasteiger partial charge is 0.224 e. The first-order valence-corrected chi connectivity index (χ1v) is 11.9. The lowest BCUT2D eigenvalue weighted by molar-refractivity contribution is -0.130. The number of hydrogen-bond donors (Lipinski definition) is 2. The van der Waals surface area contributed by atoms with Gasteiger partial charge in [-0.15, -0.1) is 0 Å². The molecule has 178 valence electrons. The van der Waals surface area contributed by atoms with Crippen molar-refractivity contribution in [3.63, 3.8) is 0 Å². The first-order chi connectivity index (χ1) is 17.0. The number of nitrogens with two attached hydrogens (primary N) is 1. The molecule has 3 N–H and O–H groups in total. The molecule has 0 bridgehead atoms. The zero-order valence-electron chi connectivity index (χ0n) is 19.5. The molecule has 2 aliphatic heterocycles. The number of nitrogen functional groups attached to an aromatic ring is 1. The van der Waals surface area contributed by atoms with Gasteiger partial charge in [0, 0.05) is 66.6 Å². The van der Waals surface area contributed by atoms with Crippen molar-refractivity contribution in [1.82, 2.24) is 19.7 Å². The van der Waals surface area contributed by atoms with Crippen molar-refractivity contribution in [3.05, 3.63) is 48.4 Å². The second kappa shape index (κ2) is 8.26. The first kappa shape index (κ1) is 21.4. The van der Waals surface area contributed by atoms with Crippen LogP contribution in [0.5, 0.6) is 0 Å². The molecule has 0 aliphatic carbocycles. The van der Waals surface area contributed by atoms with Gasteiger partial charge in [0.2, 0.25) is 11.8 Å². The molecule has 9 heteroatoms. The average molecular weight is 471 g/mol. The first-order valence-electron chi connectivity index (χ1n) is 11.9. The molecule has 35 heavy (non-hydrogen) atoms. The number of fused-ring (bicyclic) bond motifs is 2. The Morgan fingerprint density at radius 1 is 1.14 bits per heavy atom. The number of nitrogens with one attached hydrogen (secondary N) is 1. The van der Waals surface area contributed by atoms with Gasteiger partial charge >= 0.3 is 0 Å². The van der Waals surface area contributed by atoms with Gasteiger partial charge in [0.15, 0.2) is 11.4 Å². The molecule has 1 saturated heterocycles. The molecule has 0 saturated carbocycles. The summed E-state index contributed by atoms with van der Waals surface area (Å²) in [4.78, 5) is 29.6. The third-order valence-corrected chi connectivity index (χ3v) is 7.07. The van der Waals surface area contributed by atoms with Crippen LogP contribution < -0.4 is 11.1 Å². The Bertz CT molecular complexity index is 1460. The summed E-state index contributed by atoms with van der Waals surface area (Å²) in [5.41, 5.74) is 11.4. The minimum absolute atomic E-state index is 0.0439. The lowest BCUT2D eigenvalue weighted by Gasteiger charge is -2.31. The van der Waals surface area contributed by atoms with E-state index in [0.29, 0.717) is 30.0 Å². The Morgan fingerprint density at radius 2 is 1.97 bits per heavy atom. The number of anilines is 2. The predicted octanol–water partition coefficient (Wildman–Crippen LogP) is 4.01. The maximum atomic E-state index is 11.7. The van der Waals surface area contributed by atoms with Gasteiger partial charge in [-0.2, -0.15) is 5.10 Å². The van der Waals surface area contributed by atoms with Gasteiger partial charge in [0.25, 0.3) is 0 Å². The Kier molecular flexibility index (Phi) is 5.05. The van der Waals surface area contributed by atoms with Crippen molar-refractivity contribution < 1.29 is 14.0 Å². The number of aryl methyl sites for hydroxylation is 1. The largest absolute Gasteiger partial charge is 0.452 e. The summed E-state index contributed by atoms with van der Waals surface area (Å²) in [6.07, 6.45) is 8.59. The van der Waals surface area contributed by atoms with Crippen LogP contribution in [0.3, 0.4) is 0 Å². The predicted molar refractivity (Wildman–Crippen MR) is 133 cm³/mol. The van der Waals surface area contributed by atoms with Gasteiger partial charge < -0.3 is 20.4 Å². The molecule has 2 aliphatic rings. The van der Waals surface area contributed by atoms with Gasteiger partial charge in [-0.3, -0.25) is 14.3 Å². The Labute approximate surface area is 201 Å². The van der Waals surface area contributed by atoms with Crippen molar-refractivity contribution in [3.8, 4) is 22.5 Å². The molecule has 1 aromatic carbocycles. The van der Waals surface area contributed by atoms with E-state index in [2.05, 4.69) is 21.5 Å².